The van der Waals surface area contributed by atoms with Crippen molar-refractivity contribution in [3.8, 4) is 5.69 Å². The van der Waals surface area contributed by atoms with E-state index in [4.69, 9.17) is 0 Å². The maximum atomic E-state index is 2.58. The third-order valence-electron chi connectivity index (χ3n) is 10.4. The van der Waals surface area contributed by atoms with Gasteiger partial charge in [-0.05, 0) is 48.5 Å². The Morgan fingerprint density at radius 2 is 1.07 bits per heavy atom. The summed E-state index contributed by atoms with van der Waals surface area (Å²) in [5, 5.41) is 11.9. The van der Waals surface area contributed by atoms with Crippen LogP contribution in [0.4, 0.5) is 0 Å². The lowest BCUT2D eigenvalue weighted by molar-refractivity contribution is 0.567. The van der Waals surface area contributed by atoms with Crippen LogP contribution in [0.3, 0.4) is 0 Å². The number of para-hydroxylation sites is 4. The van der Waals surface area contributed by atoms with Crippen molar-refractivity contribution in [2.24, 2.45) is 0 Å². The summed E-state index contributed by atoms with van der Waals surface area (Å²) in [7, 11) is 0. The standard InChI is InChI=1S/C42H29N3/c1-42(2,3)37-21-24-20-36-38(29-15-8-10-19-33(29)43(36)25-12-5-4-6-13-25)39-31-23-34-30(22-35(31)45(37)40(24)39)28-17-11-16-27-26-14-7-9-18-32(26)44(34)41(27)28/h4-23H,1-3H3. The molecule has 0 atom stereocenters. The van der Waals surface area contributed by atoms with Gasteiger partial charge in [0, 0.05) is 65.3 Å². The predicted molar refractivity (Wildman–Crippen MR) is 191 cm³/mol. The molecule has 0 bridgehead atoms. The average molecular weight is 576 g/mol. The SMILES string of the molecule is CC(C)(C)c1cc2cc3c(c4ccccc4n3-c3ccccc3)c3c4cc5c(cc4n1c23)c1cccc2c3ccccc3n5c21. The van der Waals surface area contributed by atoms with Crippen LogP contribution in [0.5, 0.6) is 0 Å². The molecular weight excluding hydrogens is 546 g/mol. The molecule has 11 rings (SSSR count). The van der Waals surface area contributed by atoms with Crippen molar-refractivity contribution in [2.45, 2.75) is 26.2 Å². The number of nitrogens with zero attached hydrogens (tertiary/aromatic N) is 3. The second kappa shape index (κ2) is 7.75. The molecule has 212 valence electrons. The normalized spacial score (nSPS) is 13.2. The van der Waals surface area contributed by atoms with Crippen LogP contribution in [-0.2, 0) is 5.41 Å². The molecule has 5 heterocycles. The fourth-order valence-electron chi connectivity index (χ4n) is 8.59. The van der Waals surface area contributed by atoms with Gasteiger partial charge in [0.25, 0.3) is 0 Å². The van der Waals surface area contributed by atoms with Gasteiger partial charge >= 0.3 is 0 Å². The minimum atomic E-state index is -0.0279. The van der Waals surface area contributed by atoms with Gasteiger partial charge in [-0.3, -0.25) is 0 Å². The highest BCUT2D eigenvalue weighted by molar-refractivity contribution is 6.34. The van der Waals surface area contributed by atoms with E-state index in [1.54, 1.807) is 0 Å². The summed E-state index contributed by atoms with van der Waals surface area (Å²) in [6, 6.07) is 45.3. The molecule has 5 aromatic heterocycles. The monoisotopic (exact) mass is 575 g/mol. The number of hydrogen-bond donors (Lipinski definition) is 0. The van der Waals surface area contributed by atoms with Crippen LogP contribution in [0.25, 0.3) is 92.8 Å². The maximum Gasteiger partial charge on any atom is 0.0620 e. The van der Waals surface area contributed by atoms with E-state index in [1.807, 2.05) is 0 Å². The third-order valence-corrected chi connectivity index (χ3v) is 10.4. The average Bonchev–Trinajstić information content (AvgIpc) is 3.84. The number of rotatable bonds is 1. The van der Waals surface area contributed by atoms with Crippen LogP contribution in [0, 0.1) is 0 Å². The van der Waals surface area contributed by atoms with E-state index in [0.29, 0.717) is 0 Å². The van der Waals surface area contributed by atoms with Gasteiger partial charge < -0.3 is 13.4 Å². The van der Waals surface area contributed by atoms with Crippen LogP contribution in [-0.4, -0.2) is 13.4 Å². The zero-order valence-electron chi connectivity index (χ0n) is 25.4. The summed E-state index contributed by atoms with van der Waals surface area (Å²) in [5.41, 5.74) is 11.5. The van der Waals surface area contributed by atoms with E-state index in [9.17, 15) is 0 Å². The quantitative estimate of drug-likeness (QED) is 0.185. The molecule has 0 aliphatic carbocycles. The van der Waals surface area contributed by atoms with Gasteiger partial charge in [-0.25, -0.2) is 0 Å². The zero-order chi connectivity index (χ0) is 29.8. The van der Waals surface area contributed by atoms with Gasteiger partial charge in [0.2, 0.25) is 0 Å². The van der Waals surface area contributed by atoms with Gasteiger partial charge in [0.15, 0.2) is 0 Å². The molecule has 11 aromatic rings. The van der Waals surface area contributed by atoms with Crippen molar-refractivity contribution in [1.82, 2.24) is 13.4 Å². The molecule has 0 unspecified atom stereocenters. The third kappa shape index (κ3) is 2.75. The number of benzene rings is 6. The highest BCUT2D eigenvalue weighted by atomic mass is 15.0. The minimum Gasteiger partial charge on any atom is -0.312 e. The van der Waals surface area contributed by atoms with Gasteiger partial charge in [-0.2, -0.15) is 0 Å². The Morgan fingerprint density at radius 3 is 1.87 bits per heavy atom. The summed E-state index contributed by atoms with van der Waals surface area (Å²) in [4.78, 5) is 0. The second-order valence-corrected chi connectivity index (χ2v) is 13.8. The first-order valence-electron chi connectivity index (χ1n) is 15.9. The Morgan fingerprint density at radius 1 is 0.422 bits per heavy atom. The molecule has 0 spiro atoms. The number of fused-ring (bicyclic) bond motifs is 13. The molecule has 0 saturated carbocycles. The highest BCUT2D eigenvalue weighted by Gasteiger charge is 2.28. The molecular formula is C42H29N3. The molecule has 0 aliphatic heterocycles. The number of aromatic nitrogens is 3. The Kier molecular flexibility index (Phi) is 4.11. The summed E-state index contributed by atoms with van der Waals surface area (Å²) in [5.74, 6) is 0. The van der Waals surface area contributed by atoms with E-state index in [0.717, 1.165) is 0 Å². The topological polar surface area (TPSA) is 13.8 Å². The molecule has 0 amide bonds. The smallest absolute Gasteiger partial charge is 0.0620 e. The van der Waals surface area contributed by atoms with E-state index in [1.165, 1.54) is 98.5 Å². The minimum absolute atomic E-state index is 0.0279. The maximum absolute atomic E-state index is 2.58. The molecule has 0 fully saturated rings. The Bertz CT molecular complexity index is 3000. The van der Waals surface area contributed by atoms with Crippen LogP contribution in [0.1, 0.15) is 26.5 Å². The molecule has 0 N–H and O–H groups in total. The Balaban J connectivity index is 1.45. The van der Waals surface area contributed by atoms with Crippen molar-refractivity contribution in [3.05, 3.63) is 127 Å². The van der Waals surface area contributed by atoms with Crippen molar-refractivity contribution in [1.29, 1.82) is 0 Å². The van der Waals surface area contributed by atoms with Crippen LogP contribution in [0.15, 0.2) is 121 Å². The first kappa shape index (κ1) is 23.9. The van der Waals surface area contributed by atoms with Gasteiger partial charge in [-0.15, -0.1) is 0 Å². The van der Waals surface area contributed by atoms with Crippen LogP contribution in [0.2, 0.25) is 0 Å². The summed E-state index contributed by atoms with van der Waals surface area (Å²) in [6.45, 7) is 7.02. The fourth-order valence-corrected chi connectivity index (χ4v) is 8.59. The summed E-state index contributed by atoms with van der Waals surface area (Å²) in [6.07, 6.45) is 0. The molecule has 0 radical (unpaired) electrons. The van der Waals surface area contributed by atoms with E-state index >= 15 is 0 Å². The van der Waals surface area contributed by atoms with E-state index in [2.05, 4.69) is 155 Å². The Hall–Kier alpha value is -5.54. The lowest BCUT2D eigenvalue weighted by Gasteiger charge is -2.18. The fraction of sp³-hybridized carbons (Fsp3) is 0.0952. The molecule has 6 aromatic carbocycles. The second-order valence-electron chi connectivity index (χ2n) is 13.8. The first-order chi connectivity index (χ1) is 22.0. The lowest BCUT2D eigenvalue weighted by Crippen LogP contribution is -2.13. The van der Waals surface area contributed by atoms with Crippen molar-refractivity contribution < 1.29 is 0 Å². The molecule has 0 saturated heterocycles. The van der Waals surface area contributed by atoms with Crippen molar-refractivity contribution in [3.63, 3.8) is 0 Å². The van der Waals surface area contributed by atoms with Gasteiger partial charge in [0.1, 0.15) is 0 Å². The summed E-state index contributed by atoms with van der Waals surface area (Å²) < 4.78 is 7.55. The molecule has 45 heavy (non-hydrogen) atoms. The lowest BCUT2D eigenvalue weighted by atomic mass is 9.92. The highest BCUT2D eigenvalue weighted by Crippen LogP contribution is 2.48. The van der Waals surface area contributed by atoms with Crippen LogP contribution < -0.4 is 0 Å². The number of hydrogen-bond acceptors (Lipinski definition) is 0. The first-order valence-corrected chi connectivity index (χ1v) is 15.9. The molecule has 0 aliphatic rings. The van der Waals surface area contributed by atoms with Gasteiger partial charge in [0.05, 0.1) is 38.6 Å². The van der Waals surface area contributed by atoms with Gasteiger partial charge in [-0.1, -0.05) is 93.6 Å². The Labute approximate surface area is 258 Å². The van der Waals surface area contributed by atoms with Crippen molar-refractivity contribution >= 4 is 87.1 Å². The van der Waals surface area contributed by atoms with Crippen LogP contribution >= 0.6 is 0 Å². The summed E-state index contributed by atoms with van der Waals surface area (Å²) >= 11 is 0. The molecule has 3 heteroatoms. The van der Waals surface area contributed by atoms with E-state index in [-0.39, 0.29) is 5.41 Å². The largest absolute Gasteiger partial charge is 0.312 e. The van der Waals surface area contributed by atoms with E-state index < -0.39 is 0 Å². The predicted octanol–water partition coefficient (Wildman–Crippen LogP) is 11.2. The zero-order valence-corrected chi connectivity index (χ0v) is 25.4. The van der Waals surface area contributed by atoms with Crippen molar-refractivity contribution in [2.75, 3.05) is 0 Å². The molecule has 3 nitrogen and oxygen atoms in total.